The summed E-state index contributed by atoms with van der Waals surface area (Å²) in [5.41, 5.74) is 0. The van der Waals surface area contributed by atoms with Crippen LogP contribution < -0.4 is 0 Å². The van der Waals surface area contributed by atoms with Gasteiger partial charge in [-0.15, -0.1) is 0 Å². The Bertz CT molecular complexity index is 84.3. The van der Waals surface area contributed by atoms with Crippen molar-refractivity contribution in [3.05, 3.63) is 0 Å². The van der Waals surface area contributed by atoms with E-state index in [1.165, 1.54) is 50.0 Å². The molecule has 14 heavy (non-hydrogen) atoms. The highest BCUT2D eigenvalue weighted by Crippen LogP contribution is 2.10. The van der Waals surface area contributed by atoms with Crippen molar-refractivity contribution in [3.8, 4) is 0 Å². The second-order valence-corrected chi connectivity index (χ2v) is 5.02. The molecule has 0 amide bonds. The van der Waals surface area contributed by atoms with Crippen molar-refractivity contribution in [2.45, 2.75) is 58.3 Å². The first-order chi connectivity index (χ1) is 6.91. The zero-order valence-electron chi connectivity index (χ0n) is 9.59. The van der Waals surface area contributed by atoms with Gasteiger partial charge in [-0.05, 0) is 30.8 Å². The van der Waals surface area contributed by atoms with Crippen molar-refractivity contribution in [2.24, 2.45) is 0 Å². The average Bonchev–Trinajstić information content (AvgIpc) is 2.21. The Morgan fingerprint density at radius 1 is 0.786 bits per heavy atom. The molecule has 0 saturated heterocycles. The number of hydrogen-bond acceptors (Lipinski definition) is 1. The Balaban J connectivity index is 2.78. The van der Waals surface area contributed by atoms with Gasteiger partial charge in [-0.3, -0.25) is 0 Å². The van der Waals surface area contributed by atoms with E-state index in [0.29, 0.717) is 0 Å². The highest BCUT2D eigenvalue weighted by atomic mass is 32.2. The summed E-state index contributed by atoms with van der Waals surface area (Å²) in [4.78, 5) is 0. The molecule has 1 nitrogen and oxygen atoms in total. The Morgan fingerprint density at radius 2 is 1.36 bits per heavy atom. The van der Waals surface area contributed by atoms with Crippen molar-refractivity contribution in [2.75, 3.05) is 18.1 Å². The third kappa shape index (κ3) is 12.3. The first-order valence-electron chi connectivity index (χ1n) is 6.07. The number of hydrogen-bond donors (Lipinski definition) is 0. The summed E-state index contributed by atoms with van der Waals surface area (Å²) < 4.78 is 0. The molecule has 0 heterocycles. The van der Waals surface area contributed by atoms with Crippen molar-refractivity contribution >= 4 is 11.8 Å². The van der Waals surface area contributed by atoms with Crippen LogP contribution in [0.3, 0.4) is 0 Å². The molecule has 0 aromatic heterocycles. The van der Waals surface area contributed by atoms with Gasteiger partial charge in [0, 0.05) is 0 Å². The van der Waals surface area contributed by atoms with Gasteiger partial charge in [0.2, 0.25) is 0 Å². The van der Waals surface area contributed by atoms with Crippen LogP contribution >= 0.6 is 11.8 Å². The van der Waals surface area contributed by atoms with E-state index < -0.39 is 0 Å². The van der Waals surface area contributed by atoms with Gasteiger partial charge in [-0.25, -0.2) is 5.11 Å². The van der Waals surface area contributed by atoms with Gasteiger partial charge in [0.25, 0.3) is 0 Å². The minimum atomic E-state index is 0.118. The third-order valence-electron chi connectivity index (χ3n) is 2.33. The average molecular weight is 217 g/mol. The monoisotopic (exact) mass is 217 g/mol. The fourth-order valence-electron chi connectivity index (χ4n) is 1.36. The van der Waals surface area contributed by atoms with E-state index in [1.807, 2.05) is 0 Å². The molecule has 0 saturated carbocycles. The largest absolute Gasteiger partial charge is 0.237 e. The van der Waals surface area contributed by atoms with E-state index >= 15 is 0 Å². The van der Waals surface area contributed by atoms with E-state index in [-0.39, 0.29) is 6.61 Å². The number of thioether (sulfide) groups is 1. The van der Waals surface area contributed by atoms with Crippen LogP contribution in [0.15, 0.2) is 0 Å². The molecule has 0 unspecified atom stereocenters. The molecule has 0 N–H and O–H groups in total. The predicted molar refractivity (Wildman–Crippen MR) is 65.5 cm³/mol. The molecule has 0 aliphatic rings. The first-order valence-corrected chi connectivity index (χ1v) is 7.23. The normalized spacial score (nSPS) is 10.7. The van der Waals surface area contributed by atoms with Crippen LogP contribution in [0.1, 0.15) is 58.3 Å². The van der Waals surface area contributed by atoms with Crippen LogP contribution in [-0.4, -0.2) is 18.1 Å². The number of rotatable bonds is 11. The lowest BCUT2D eigenvalue weighted by atomic mass is 10.1. The highest BCUT2D eigenvalue weighted by molar-refractivity contribution is 7.99. The summed E-state index contributed by atoms with van der Waals surface area (Å²) in [6.45, 7) is 2.36. The minimum absolute atomic E-state index is 0.118. The summed E-state index contributed by atoms with van der Waals surface area (Å²) in [6.07, 6.45) is 10.0. The standard InChI is InChI=1S/C12H25OS/c1-2-3-11-14-12-9-7-5-4-6-8-10-13/h2-12H2,1H3. The summed E-state index contributed by atoms with van der Waals surface area (Å²) in [5.74, 6) is 2.67. The molecule has 0 aromatic carbocycles. The van der Waals surface area contributed by atoms with Gasteiger partial charge in [0.05, 0.1) is 6.61 Å². The summed E-state index contributed by atoms with van der Waals surface area (Å²) >= 11 is 2.10. The molecular formula is C12H25OS. The van der Waals surface area contributed by atoms with Crippen molar-refractivity contribution in [1.29, 1.82) is 0 Å². The SMILES string of the molecule is CCCCSCCCCCCCC[O]. The maximum atomic E-state index is 10.2. The molecule has 85 valence electrons. The maximum Gasteiger partial charge on any atom is 0.0822 e. The summed E-state index contributed by atoms with van der Waals surface area (Å²) in [5, 5.41) is 10.2. The smallest absolute Gasteiger partial charge is 0.0822 e. The van der Waals surface area contributed by atoms with E-state index in [1.54, 1.807) is 0 Å². The van der Waals surface area contributed by atoms with E-state index in [2.05, 4.69) is 18.7 Å². The summed E-state index contributed by atoms with van der Waals surface area (Å²) in [7, 11) is 0. The fraction of sp³-hybridized carbons (Fsp3) is 1.00. The molecule has 0 bridgehead atoms. The molecule has 0 aromatic rings. The molecule has 0 rings (SSSR count). The molecule has 0 spiro atoms. The zero-order chi connectivity index (χ0) is 10.5. The van der Waals surface area contributed by atoms with Crippen LogP contribution in [0.2, 0.25) is 0 Å². The first kappa shape index (κ1) is 14.3. The lowest BCUT2D eigenvalue weighted by molar-refractivity contribution is 0.186. The second-order valence-electron chi connectivity index (χ2n) is 3.79. The molecule has 1 radical (unpaired) electrons. The maximum absolute atomic E-state index is 10.2. The quantitative estimate of drug-likeness (QED) is 0.473. The van der Waals surface area contributed by atoms with Crippen LogP contribution in [0, 0.1) is 0 Å². The fourth-order valence-corrected chi connectivity index (χ4v) is 2.47. The van der Waals surface area contributed by atoms with Crippen LogP contribution in [0.5, 0.6) is 0 Å². The topological polar surface area (TPSA) is 19.9 Å². The van der Waals surface area contributed by atoms with E-state index in [9.17, 15) is 5.11 Å². The lowest BCUT2D eigenvalue weighted by Crippen LogP contribution is -1.86. The van der Waals surface area contributed by atoms with E-state index in [4.69, 9.17) is 0 Å². The Kier molecular flexibility index (Phi) is 13.6. The molecule has 0 aliphatic carbocycles. The molecule has 0 fully saturated rings. The van der Waals surface area contributed by atoms with Gasteiger partial charge >= 0.3 is 0 Å². The number of unbranched alkanes of at least 4 members (excludes halogenated alkanes) is 6. The molecule has 0 aliphatic heterocycles. The van der Waals surface area contributed by atoms with Gasteiger partial charge in [-0.2, -0.15) is 11.8 Å². The minimum Gasteiger partial charge on any atom is -0.237 e. The predicted octanol–water partition coefficient (Wildman–Crippen LogP) is 4.29. The van der Waals surface area contributed by atoms with Crippen molar-refractivity contribution in [1.82, 2.24) is 0 Å². The van der Waals surface area contributed by atoms with Crippen LogP contribution in [-0.2, 0) is 5.11 Å². The molecule has 0 atom stereocenters. The van der Waals surface area contributed by atoms with Crippen molar-refractivity contribution in [3.63, 3.8) is 0 Å². The lowest BCUT2D eigenvalue weighted by Gasteiger charge is -2.01. The molecule has 2 heteroatoms. The third-order valence-corrected chi connectivity index (χ3v) is 3.48. The van der Waals surface area contributed by atoms with Crippen LogP contribution in [0.4, 0.5) is 0 Å². The zero-order valence-corrected chi connectivity index (χ0v) is 10.4. The Hall–Kier alpha value is 0.310. The van der Waals surface area contributed by atoms with Gasteiger partial charge in [-0.1, -0.05) is 39.0 Å². The summed E-state index contributed by atoms with van der Waals surface area (Å²) in [6, 6.07) is 0. The van der Waals surface area contributed by atoms with Crippen molar-refractivity contribution < 1.29 is 5.11 Å². The Labute approximate surface area is 93.7 Å². The van der Waals surface area contributed by atoms with Gasteiger partial charge in [0.15, 0.2) is 0 Å². The highest BCUT2D eigenvalue weighted by Gasteiger charge is 1.92. The van der Waals surface area contributed by atoms with Gasteiger partial charge < -0.3 is 0 Å². The van der Waals surface area contributed by atoms with E-state index in [0.717, 1.165) is 12.8 Å². The molecular weight excluding hydrogens is 192 g/mol. The Morgan fingerprint density at radius 3 is 2.00 bits per heavy atom. The second kappa shape index (κ2) is 13.3. The van der Waals surface area contributed by atoms with Gasteiger partial charge in [0.1, 0.15) is 0 Å². The van der Waals surface area contributed by atoms with Crippen LogP contribution in [0.25, 0.3) is 0 Å².